The van der Waals surface area contributed by atoms with E-state index in [1.807, 2.05) is 6.07 Å². The number of hydrogen-bond donors (Lipinski definition) is 4. The lowest BCUT2D eigenvalue weighted by molar-refractivity contribution is -0.137. The molecule has 1 aliphatic heterocycles. The summed E-state index contributed by atoms with van der Waals surface area (Å²) in [6.45, 7) is 8.82. The second kappa shape index (κ2) is 11.2. The number of nitrogens with one attached hydrogen (secondary N) is 4. The zero-order valence-corrected chi connectivity index (χ0v) is 18.5. The minimum Gasteiger partial charge on any atom is -0.346 e. The molecule has 1 fully saturated rings. The highest BCUT2D eigenvalue weighted by molar-refractivity contribution is 6.16. The zero-order chi connectivity index (χ0) is 23.8. The van der Waals surface area contributed by atoms with E-state index in [1.165, 1.54) is 13.0 Å². The number of carbonyl (C=O) groups excluding carboxylic acids is 5. The van der Waals surface area contributed by atoms with E-state index in [0.717, 1.165) is 5.56 Å². The van der Waals surface area contributed by atoms with Crippen molar-refractivity contribution in [1.82, 2.24) is 21.3 Å². The van der Waals surface area contributed by atoms with Gasteiger partial charge in [-0.1, -0.05) is 57.2 Å². The Labute approximate surface area is 187 Å². The minimum absolute atomic E-state index is 0.118. The summed E-state index contributed by atoms with van der Waals surface area (Å²) >= 11 is 0. The van der Waals surface area contributed by atoms with Gasteiger partial charge in [-0.15, -0.1) is 6.58 Å². The fourth-order valence-electron chi connectivity index (χ4n) is 3.56. The molecule has 1 unspecified atom stereocenters. The lowest BCUT2D eigenvalue weighted by Gasteiger charge is -2.26. The highest BCUT2D eigenvalue weighted by Crippen LogP contribution is 2.24. The van der Waals surface area contributed by atoms with Crippen LogP contribution < -0.4 is 21.3 Å². The van der Waals surface area contributed by atoms with Crippen molar-refractivity contribution in [2.75, 3.05) is 6.54 Å². The third-order valence-electron chi connectivity index (χ3n) is 5.34. The number of Topliss-reactive ketones (excluding diaryl/α,β-unsaturated/α-hetero) is 1. The van der Waals surface area contributed by atoms with Crippen LogP contribution >= 0.6 is 0 Å². The first-order valence-corrected chi connectivity index (χ1v) is 10.5. The number of rotatable bonds is 10. The molecule has 1 aromatic rings. The third kappa shape index (κ3) is 6.26. The van der Waals surface area contributed by atoms with Crippen molar-refractivity contribution in [1.29, 1.82) is 0 Å². The van der Waals surface area contributed by atoms with Crippen molar-refractivity contribution in [2.45, 2.75) is 39.3 Å². The van der Waals surface area contributed by atoms with E-state index >= 15 is 0 Å². The van der Waals surface area contributed by atoms with E-state index in [4.69, 9.17) is 0 Å². The van der Waals surface area contributed by atoms with Crippen molar-refractivity contribution in [3.05, 3.63) is 48.6 Å². The fourth-order valence-corrected chi connectivity index (χ4v) is 3.56. The van der Waals surface area contributed by atoms with Crippen LogP contribution in [0.5, 0.6) is 0 Å². The average Bonchev–Trinajstić information content (AvgIpc) is 3.01. The summed E-state index contributed by atoms with van der Waals surface area (Å²) < 4.78 is 0. The van der Waals surface area contributed by atoms with Gasteiger partial charge in [-0.3, -0.25) is 24.5 Å². The Bertz CT molecular complexity index is 884. The van der Waals surface area contributed by atoms with Gasteiger partial charge < -0.3 is 16.0 Å². The minimum atomic E-state index is -1.14. The molecular formula is C23H30N4O5. The molecule has 1 heterocycles. The first kappa shape index (κ1) is 24.8. The lowest BCUT2D eigenvalue weighted by atomic mass is 9.85. The van der Waals surface area contributed by atoms with Gasteiger partial charge in [0.1, 0.15) is 5.92 Å². The number of carbonyl (C=O) groups is 5. The molecule has 2 rings (SSSR count). The monoisotopic (exact) mass is 442 g/mol. The van der Waals surface area contributed by atoms with E-state index < -0.39 is 53.5 Å². The molecule has 9 nitrogen and oxygen atoms in total. The molecule has 32 heavy (non-hydrogen) atoms. The molecule has 0 bridgehead atoms. The van der Waals surface area contributed by atoms with Gasteiger partial charge >= 0.3 is 6.03 Å². The maximum Gasteiger partial charge on any atom is 0.315 e. The highest BCUT2D eigenvalue weighted by Gasteiger charge is 2.46. The number of amides is 5. The zero-order valence-electron chi connectivity index (χ0n) is 18.5. The molecule has 4 N–H and O–H groups in total. The Morgan fingerprint density at radius 3 is 2.28 bits per heavy atom. The van der Waals surface area contributed by atoms with Gasteiger partial charge in [0, 0.05) is 6.54 Å². The molecule has 1 saturated heterocycles. The van der Waals surface area contributed by atoms with E-state index in [2.05, 4.69) is 27.8 Å². The summed E-state index contributed by atoms with van der Waals surface area (Å²) in [5.74, 6) is -4.34. The molecule has 172 valence electrons. The molecule has 0 aromatic heterocycles. The summed E-state index contributed by atoms with van der Waals surface area (Å²) in [6.07, 6.45) is 1.42. The normalized spacial score (nSPS) is 19.6. The Balaban J connectivity index is 2.14. The summed E-state index contributed by atoms with van der Waals surface area (Å²) in [4.78, 5) is 61.9. The standard InChI is InChI=1S/C23H30N4O5/c1-5-11-24-23(32)25-16(15-9-7-6-8-10-15)12-17(28)26-19(13(2)3)20(29)18-14(4)21(30)27-22(18)31/h5-10,13-14,16,18-19H,1,11-12H2,2-4H3,(H,26,28)(H2,24,25,32)(H,27,30,31)/t14-,16?,18+,19-/m0/s1. The number of hydrogen-bond acceptors (Lipinski definition) is 5. The Morgan fingerprint density at radius 2 is 1.75 bits per heavy atom. The molecule has 1 aromatic carbocycles. The first-order chi connectivity index (χ1) is 15.1. The maximum absolute atomic E-state index is 13.0. The van der Waals surface area contributed by atoms with Gasteiger partial charge in [-0.25, -0.2) is 4.79 Å². The van der Waals surface area contributed by atoms with Gasteiger partial charge in [-0.05, 0) is 11.5 Å². The highest BCUT2D eigenvalue weighted by atomic mass is 16.2. The van der Waals surface area contributed by atoms with Crippen molar-refractivity contribution in [3.8, 4) is 0 Å². The van der Waals surface area contributed by atoms with Crippen LogP contribution in [0, 0.1) is 17.8 Å². The van der Waals surface area contributed by atoms with Crippen molar-refractivity contribution >= 4 is 29.5 Å². The third-order valence-corrected chi connectivity index (χ3v) is 5.34. The quantitative estimate of drug-likeness (QED) is 0.246. The van der Waals surface area contributed by atoms with Gasteiger partial charge in [0.15, 0.2) is 5.78 Å². The molecule has 1 aliphatic rings. The summed E-state index contributed by atoms with van der Waals surface area (Å²) in [5.41, 5.74) is 0.721. The molecule has 5 amide bonds. The molecular weight excluding hydrogens is 412 g/mol. The molecule has 0 aliphatic carbocycles. The molecule has 0 saturated carbocycles. The SMILES string of the molecule is C=CCNC(=O)NC(CC(=O)N[C@H](C(=O)[C@@H]1C(=O)NC(=O)[C@H]1C)C(C)C)c1ccccc1. The van der Waals surface area contributed by atoms with E-state index in [1.54, 1.807) is 38.1 Å². The van der Waals surface area contributed by atoms with Gasteiger partial charge in [0.2, 0.25) is 17.7 Å². The summed E-state index contributed by atoms with van der Waals surface area (Å²) in [7, 11) is 0. The van der Waals surface area contributed by atoms with E-state index in [0.29, 0.717) is 0 Å². The number of imide groups is 1. The van der Waals surface area contributed by atoms with Crippen molar-refractivity contribution < 1.29 is 24.0 Å². The van der Waals surface area contributed by atoms with Crippen LogP contribution in [0.15, 0.2) is 43.0 Å². The number of benzene rings is 1. The van der Waals surface area contributed by atoms with Crippen LogP contribution in [0.3, 0.4) is 0 Å². The molecule has 9 heteroatoms. The van der Waals surface area contributed by atoms with Crippen LogP contribution in [0.4, 0.5) is 4.79 Å². The van der Waals surface area contributed by atoms with Gasteiger partial charge in [-0.2, -0.15) is 0 Å². The predicted octanol–water partition coefficient (Wildman–Crippen LogP) is 1.22. The average molecular weight is 443 g/mol. The van der Waals surface area contributed by atoms with Crippen LogP contribution in [-0.4, -0.2) is 42.1 Å². The number of urea groups is 1. The second-order valence-corrected chi connectivity index (χ2v) is 8.12. The summed E-state index contributed by atoms with van der Waals surface area (Å²) in [5, 5.41) is 10.2. The maximum atomic E-state index is 13.0. The smallest absolute Gasteiger partial charge is 0.315 e. The van der Waals surface area contributed by atoms with Crippen molar-refractivity contribution in [3.63, 3.8) is 0 Å². The van der Waals surface area contributed by atoms with Crippen LogP contribution in [0.2, 0.25) is 0 Å². The van der Waals surface area contributed by atoms with E-state index in [9.17, 15) is 24.0 Å². The fraction of sp³-hybridized carbons (Fsp3) is 0.435. The second-order valence-electron chi connectivity index (χ2n) is 8.12. The van der Waals surface area contributed by atoms with Crippen LogP contribution in [0.1, 0.15) is 38.8 Å². The predicted molar refractivity (Wildman–Crippen MR) is 118 cm³/mol. The Morgan fingerprint density at radius 1 is 1.09 bits per heavy atom. The molecule has 0 radical (unpaired) electrons. The van der Waals surface area contributed by atoms with Gasteiger partial charge in [0.05, 0.1) is 24.4 Å². The largest absolute Gasteiger partial charge is 0.346 e. The van der Waals surface area contributed by atoms with Crippen LogP contribution in [0.25, 0.3) is 0 Å². The number of ketones is 1. The Kier molecular flexibility index (Phi) is 8.69. The molecule has 0 spiro atoms. The lowest BCUT2D eigenvalue weighted by Crippen LogP contribution is -2.50. The van der Waals surface area contributed by atoms with Gasteiger partial charge in [0.25, 0.3) is 0 Å². The Hall–Kier alpha value is -3.49. The topological polar surface area (TPSA) is 133 Å². The van der Waals surface area contributed by atoms with Crippen LogP contribution in [-0.2, 0) is 19.2 Å². The summed E-state index contributed by atoms with van der Waals surface area (Å²) in [6, 6.07) is 6.93. The van der Waals surface area contributed by atoms with E-state index in [-0.39, 0.29) is 18.9 Å². The first-order valence-electron chi connectivity index (χ1n) is 10.5. The van der Waals surface area contributed by atoms with Crippen molar-refractivity contribution in [2.24, 2.45) is 17.8 Å². The molecule has 4 atom stereocenters.